The summed E-state index contributed by atoms with van der Waals surface area (Å²) < 4.78 is 0.798. The predicted octanol–water partition coefficient (Wildman–Crippen LogP) is 3.58. The Balaban J connectivity index is 2.33. The molecule has 0 unspecified atom stereocenters. The highest BCUT2D eigenvalue weighted by Gasteiger charge is 2.07. The van der Waals surface area contributed by atoms with Gasteiger partial charge in [-0.25, -0.2) is 10.8 Å². The number of nitrogens with zero attached hydrogens (tertiary/aromatic N) is 2. The monoisotopic (exact) mass is 347 g/mol. The maximum Gasteiger partial charge on any atom is 0.239 e. The van der Waals surface area contributed by atoms with Gasteiger partial charge in [0.05, 0.1) is 11.9 Å². The summed E-state index contributed by atoms with van der Waals surface area (Å²) in [5, 5.41) is 4.07. The van der Waals surface area contributed by atoms with E-state index in [-0.39, 0.29) is 5.95 Å². The molecule has 0 bridgehead atoms. The van der Waals surface area contributed by atoms with Crippen molar-refractivity contribution in [3.8, 4) is 0 Å². The Labute approximate surface area is 122 Å². The van der Waals surface area contributed by atoms with E-state index in [1.165, 1.54) is 6.20 Å². The van der Waals surface area contributed by atoms with Gasteiger partial charge in [-0.2, -0.15) is 4.98 Å². The van der Waals surface area contributed by atoms with Crippen molar-refractivity contribution in [1.82, 2.24) is 9.97 Å². The molecule has 0 saturated carbocycles. The molecule has 8 heteroatoms. The van der Waals surface area contributed by atoms with Crippen LogP contribution in [0.25, 0.3) is 0 Å². The standard InChI is InChI=1S/C10H8BrCl2N5/c11-6-3-5(12)1-2-8(6)16-9-7(13)4-15-10(17-9)18-14/h1-4H,14H2,(H2,15,16,17,18). The predicted molar refractivity (Wildman–Crippen MR) is 77.3 cm³/mol. The van der Waals surface area contributed by atoms with Crippen molar-refractivity contribution < 1.29 is 0 Å². The zero-order valence-corrected chi connectivity index (χ0v) is 12.0. The summed E-state index contributed by atoms with van der Waals surface area (Å²) in [5.74, 6) is 5.96. The molecule has 0 saturated heterocycles. The van der Waals surface area contributed by atoms with E-state index in [2.05, 4.69) is 36.6 Å². The second kappa shape index (κ2) is 5.71. The average molecular weight is 349 g/mol. The number of halogens is 3. The number of aromatic nitrogens is 2. The highest BCUT2D eigenvalue weighted by Crippen LogP contribution is 2.30. The zero-order valence-electron chi connectivity index (χ0n) is 8.92. The van der Waals surface area contributed by atoms with Gasteiger partial charge in [-0.3, -0.25) is 5.43 Å². The Morgan fingerprint density at radius 1 is 1.28 bits per heavy atom. The maximum atomic E-state index is 5.99. The van der Waals surface area contributed by atoms with Gasteiger partial charge < -0.3 is 5.32 Å². The molecular formula is C10H8BrCl2N5. The third kappa shape index (κ3) is 3.02. The van der Waals surface area contributed by atoms with E-state index >= 15 is 0 Å². The van der Waals surface area contributed by atoms with Gasteiger partial charge >= 0.3 is 0 Å². The Morgan fingerprint density at radius 3 is 2.72 bits per heavy atom. The first-order valence-corrected chi connectivity index (χ1v) is 6.36. The minimum atomic E-state index is 0.270. The fourth-order valence-corrected chi connectivity index (χ4v) is 2.16. The number of anilines is 3. The largest absolute Gasteiger partial charge is 0.338 e. The molecule has 2 rings (SSSR count). The van der Waals surface area contributed by atoms with Gasteiger partial charge in [0.15, 0.2) is 5.82 Å². The maximum absolute atomic E-state index is 5.99. The van der Waals surface area contributed by atoms with Gasteiger partial charge in [0.25, 0.3) is 0 Å². The van der Waals surface area contributed by atoms with Crippen LogP contribution in [-0.2, 0) is 0 Å². The number of nitrogens with two attached hydrogens (primary N) is 1. The quantitative estimate of drug-likeness (QED) is 0.584. The molecule has 1 aromatic carbocycles. The molecule has 4 N–H and O–H groups in total. The molecule has 0 aliphatic rings. The Kier molecular flexibility index (Phi) is 4.23. The number of rotatable bonds is 3. The minimum Gasteiger partial charge on any atom is -0.338 e. The van der Waals surface area contributed by atoms with E-state index in [1.807, 2.05) is 0 Å². The van der Waals surface area contributed by atoms with Crippen LogP contribution in [-0.4, -0.2) is 9.97 Å². The summed E-state index contributed by atoms with van der Waals surface area (Å²) >= 11 is 15.2. The number of hydrogen-bond acceptors (Lipinski definition) is 5. The van der Waals surface area contributed by atoms with E-state index in [4.69, 9.17) is 29.0 Å². The Hall–Kier alpha value is -1.08. The van der Waals surface area contributed by atoms with E-state index in [9.17, 15) is 0 Å². The molecular weight excluding hydrogens is 341 g/mol. The van der Waals surface area contributed by atoms with Crippen molar-refractivity contribution in [2.45, 2.75) is 0 Å². The molecule has 5 nitrogen and oxygen atoms in total. The molecule has 0 fully saturated rings. The van der Waals surface area contributed by atoms with Crippen molar-refractivity contribution in [2.24, 2.45) is 5.84 Å². The van der Waals surface area contributed by atoms with Gasteiger partial charge in [-0.15, -0.1) is 0 Å². The van der Waals surface area contributed by atoms with E-state index < -0.39 is 0 Å². The fraction of sp³-hybridized carbons (Fsp3) is 0. The smallest absolute Gasteiger partial charge is 0.239 e. The van der Waals surface area contributed by atoms with Crippen molar-refractivity contribution in [1.29, 1.82) is 0 Å². The van der Waals surface area contributed by atoms with E-state index in [0.29, 0.717) is 15.9 Å². The number of hydrazine groups is 1. The lowest BCUT2D eigenvalue weighted by Crippen LogP contribution is -2.11. The van der Waals surface area contributed by atoms with Crippen LogP contribution in [0.5, 0.6) is 0 Å². The second-order valence-corrected chi connectivity index (χ2v) is 4.98. The molecule has 0 spiro atoms. The van der Waals surface area contributed by atoms with Crippen LogP contribution >= 0.6 is 39.1 Å². The molecule has 0 aliphatic carbocycles. The first-order valence-electron chi connectivity index (χ1n) is 4.81. The van der Waals surface area contributed by atoms with Crippen LogP contribution in [0.2, 0.25) is 10.0 Å². The highest BCUT2D eigenvalue weighted by atomic mass is 79.9. The summed E-state index contributed by atoms with van der Waals surface area (Å²) in [7, 11) is 0. The molecule has 0 aliphatic heterocycles. The van der Waals surface area contributed by atoms with E-state index in [0.717, 1.165) is 10.2 Å². The van der Waals surface area contributed by atoms with Crippen LogP contribution in [0, 0.1) is 0 Å². The van der Waals surface area contributed by atoms with Crippen molar-refractivity contribution in [2.75, 3.05) is 10.7 Å². The number of nitrogens with one attached hydrogen (secondary N) is 2. The van der Waals surface area contributed by atoms with E-state index in [1.54, 1.807) is 18.2 Å². The van der Waals surface area contributed by atoms with Gasteiger partial charge in [0, 0.05) is 9.50 Å². The third-order valence-electron chi connectivity index (χ3n) is 2.06. The summed E-state index contributed by atoms with van der Waals surface area (Å²) in [5.41, 5.74) is 3.13. The fourth-order valence-electron chi connectivity index (χ4n) is 1.24. The number of benzene rings is 1. The molecule has 1 heterocycles. The lowest BCUT2D eigenvalue weighted by molar-refractivity contribution is 1.12. The lowest BCUT2D eigenvalue weighted by atomic mass is 10.3. The summed E-state index contributed by atoms with van der Waals surface area (Å²) in [6.07, 6.45) is 1.45. The molecule has 0 amide bonds. The van der Waals surface area contributed by atoms with Crippen molar-refractivity contribution in [3.05, 3.63) is 38.9 Å². The highest BCUT2D eigenvalue weighted by molar-refractivity contribution is 9.10. The van der Waals surface area contributed by atoms with Crippen LogP contribution in [0.15, 0.2) is 28.9 Å². The summed E-state index contributed by atoms with van der Waals surface area (Å²) in [4.78, 5) is 7.99. The summed E-state index contributed by atoms with van der Waals surface area (Å²) in [6.45, 7) is 0. The van der Waals surface area contributed by atoms with Gasteiger partial charge in [0.1, 0.15) is 5.02 Å². The van der Waals surface area contributed by atoms with Crippen molar-refractivity contribution in [3.63, 3.8) is 0 Å². The Bertz CT molecular complexity index is 578. The lowest BCUT2D eigenvalue weighted by Gasteiger charge is -2.10. The molecule has 0 radical (unpaired) electrons. The molecule has 2 aromatic rings. The molecule has 94 valence electrons. The zero-order chi connectivity index (χ0) is 13.1. The minimum absolute atomic E-state index is 0.270. The normalized spacial score (nSPS) is 10.2. The summed E-state index contributed by atoms with van der Waals surface area (Å²) in [6, 6.07) is 5.33. The molecule has 1 aromatic heterocycles. The van der Waals surface area contributed by atoms with Crippen LogP contribution in [0.3, 0.4) is 0 Å². The van der Waals surface area contributed by atoms with Gasteiger partial charge in [0.2, 0.25) is 5.95 Å². The van der Waals surface area contributed by atoms with Gasteiger partial charge in [-0.05, 0) is 34.1 Å². The van der Waals surface area contributed by atoms with Crippen LogP contribution < -0.4 is 16.6 Å². The number of nitrogen functional groups attached to an aromatic ring is 1. The molecule has 0 atom stereocenters. The van der Waals surface area contributed by atoms with Crippen LogP contribution in [0.4, 0.5) is 17.5 Å². The first-order chi connectivity index (χ1) is 8.60. The third-order valence-corrected chi connectivity index (χ3v) is 3.23. The topological polar surface area (TPSA) is 75.9 Å². The van der Waals surface area contributed by atoms with Crippen molar-refractivity contribution >= 4 is 56.6 Å². The molecule has 18 heavy (non-hydrogen) atoms. The Morgan fingerprint density at radius 2 is 2.06 bits per heavy atom. The van der Waals surface area contributed by atoms with Gasteiger partial charge in [-0.1, -0.05) is 23.2 Å². The average Bonchev–Trinajstić information content (AvgIpc) is 2.35. The van der Waals surface area contributed by atoms with Crippen LogP contribution in [0.1, 0.15) is 0 Å². The number of hydrogen-bond donors (Lipinski definition) is 3. The SMILES string of the molecule is NNc1ncc(Cl)c(Nc2ccc(Cl)cc2Br)n1. The second-order valence-electron chi connectivity index (χ2n) is 3.28. The first kappa shape index (κ1) is 13.4.